The molecule has 5 rings (SSSR count). The Hall–Kier alpha value is -4.18. The molecule has 4 heterocycles. The summed E-state index contributed by atoms with van der Waals surface area (Å²) in [4.78, 5) is 17.8. The highest BCUT2D eigenvalue weighted by molar-refractivity contribution is 7.80. The number of ether oxygens (including phenoxy) is 1. The molecule has 1 saturated heterocycles. The van der Waals surface area contributed by atoms with Crippen LogP contribution < -0.4 is 10.1 Å². The highest BCUT2D eigenvalue weighted by Crippen LogP contribution is 2.43. The largest absolute Gasteiger partial charge is 0.495 e. The molecule has 1 aliphatic rings. The number of hydrogen-bond donors (Lipinski definition) is 1. The van der Waals surface area contributed by atoms with Gasteiger partial charge < -0.3 is 23.9 Å². The maximum absolute atomic E-state index is 11.5. The number of benzene rings is 1. The van der Waals surface area contributed by atoms with E-state index < -0.39 is 4.92 Å². The van der Waals surface area contributed by atoms with E-state index in [1.807, 2.05) is 48.7 Å². The Kier molecular flexibility index (Phi) is 6.19. The lowest BCUT2D eigenvalue weighted by molar-refractivity contribution is -0.384. The molecule has 4 aromatic rings. The van der Waals surface area contributed by atoms with Gasteiger partial charge in [-0.15, -0.1) is 0 Å². The van der Waals surface area contributed by atoms with Crippen molar-refractivity contribution in [1.29, 1.82) is 0 Å². The Morgan fingerprint density at radius 2 is 2.03 bits per heavy atom. The zero-order valence-electron chi connectivity index (χ0n) is 20.0. The molecule has 0 bridgehead atoms. The van der Waals surface area contributed by atoms with E-state index in [0.717, 1.165) is 28.4 Å². The first-order valence-corrected chi connectivity index (χ1v) is 11.8. The molecule has 2 unspecified atom stereocenters. The van der Waals surface area contributed by atoms with E-state index >= 15 is 0 Å². The van der Waals surface area contributed by atoms with Crippen molar-refractivity contribution < 1.29 is 14.1 Å². The molecular weight excluding hydrogens is 478 g/mol. The fourth-order valence-electron chi connectivity index (χ4n) is 4.91. The average molecular weight is 504 g/mol. The molecule has 1 fully saturated rings. The second-order valence-corrected chi connectivity index (χ2v) is 9.00. The topological polar surface area (TPSA) is 98.6 Å². The lowest BCUT2D eigenvalue weighted by atomic mass is 9.96. The van der Waals surface area contributed by atoms with Crippen LogP contribution in [0.2, 0.25) is 0 Å². The van der Waals surface area contributed by atoms with Crippen LogP contribution >= 0.6 is 12.2 Å². The molecule has 3 aromatic heterocycles. The number of rotatable bonds is 7. The molecule has 10 heteroatoms. The monoisotopic (exact) mass is 503 g/mol. The second kappa shape index (κ2) is 9.46. The summed E-state index contributed by atoms with van der Waals surface area (Å²) in [6, 6.07) is 15.9. The predicted molar refractivity (Wildman–Crippen MR) is 138 cm³/mol. The van der Waals surface area contributed by atoms with Gasteiger partial charge in [-0.2, -0.15) is 0 Å². The van der Waals surface area contributed by atoms with E-state index in [9.17, 15) is 10.1 Å². The average Bonchev–Trinajstić information content (AvgIpc) is 3.58. The Morgan fingerprint density at radius 1 is 1.19 bits per heavy atom. The molecule has 0 spiro atoms. The van der Waals surface area contributed by atoms with Gasteiger partial charge in [0.2, 0.25) is 0 Å². The highest BCUT2D eigenvalue weighted by atomic mass is 32.1. The number of non-ortho nitro benzene ring substituents is 1. The molecule has 1 aromatic carbocycles. The summed E-state index contributed by atoms with van der Waals surface area (Å²) in [5, 5.41) is 15.6. The number of aryl methyl sites for hydroxylation is 1. The Bertz CT molecular complexity index is 1420. The third-order valence-electron chi connectivity index (χ3n) is 6.51. The van der Waals surface area contributed by atoms with Crippen molar-refractivity contribution in [3.05, 3.63) is 106 Å². The number of methoxy groups -OCH3 is 1. The van der Waals surface area contributed by atoms with Gasteiger partial charge in [-0.1, -0.05) is 6.07 Å². The lowest BCUT2D eigenvalue weighted by Gasteiger charge is -2.27. The molecule has 2 atom stereocenters. The Morgan fingerprint density at radius 3 is 2.69 bits per heavy atom. The van der Waals surface area contributed by atoms with Crippen molar-refractivity contribution in [2.45, 2.75) is 32.5 Å². The van der Waals surface area contributed by atoms with Crippen LogP contribution in [0, 0.1) is 24.0 Å². The fourth-order valence-corrected chi connectivity index (χ4v) is 5.21. The first-order chi connectivity index (χ1) is 17.4. The van der Waals surface area contributed by atoms with Crippen molar-refractivity contribution in [3.8, 4) is 11.4 Å². The molecule has 1 N–H and O–H groups in total. The van der Waals surface area contributed by atoms with Crippen LogP contribution in [0.25, 0.3) is 5.69 Å². The minimum absolute atomic E-state index is 0.00521. The normalized spacial score (nSPS) is 17.3. The van der Waals surface area contributed by atoms with Crippen LogP contribution in [-0.2, 0) is 6.54 Å². The van der Waals surface area contributed by atoms with E-state index in [0.29, 0.717) is 23.1 Å². The number of aromatic nitrogens is 2. The van der Waals surface area contributed by atoms with Gasteiger partial charge in [0.1, 0.15) is 11.5 Å². The van der Waals surface area contributed by atoms with E-state index in [1.165, 1.54) is 12.1 Å². The molecule has 9 nitrogen and oxygen atoms in total. The minimum Gasteiger partial charge on any atom is -0.495 e. The maximum atomic E-state index is 11.5. The summed E-state index contributed by atoms with van der Waals surface area (Å²) in [6.07, 6.45) is 3.41. The SMILES string of the molecule is COc1ccc([N+](=O)[O-])cc1-n1c(C)cc(C2C(c3ccccn3)NC(=S)N2Cc2ccco2)c1C. The van der Waals surface area contributed by atoms with Gasteiger partial charge in [-0.3, -0.25) is 15.1 Å². The number of nitro groups is 1. The zero-order chi connectivity index (χ0) is 25.4. The predicted octanol–water partition coefficient (Wildman–Crippen LogP) is 5.17. The fraction of sp³-hybridized carbons (Fsp3) is 0.231. The Labute approximate surface area is 213 Å². The quantitative estimate of drug-likeness (QED) is 0.209. The lowest BCUT2D eigenvalue weighted by Crippen LogP contribution is -2.29. The number of hydrogen-bond acceptors (Lipinski definition) is 6. The van der Waals surface area contributed by atoms with Crippen molar-refractivity contribution in [1.82, 2.24) is 19.8 Å². The smallest absolute Gasteiger partial charge is 0.271 e. The van der Waals surface area contributed by atoms with Gasteiger partial charge in [0.15, 0.2) is 5.11 Å². The van der Waals surface area contributed by atoms with Crippen molar-refractivity contribution in [2.24, 2.45) is 0 Å². The number of thiocarbonyl (C=S) groups is 1. The molecule has 0 radical (unpaired) electrons. The summed E-state index contributed by atoms with van der Waals surface area (Å²) < 4.78 is 13.2. The van der Waals surface area contributed by atoms with E-state index in [1.54, 1.807) is 25.6 Å². The molecule has 184 valence electrons. The Balaban J connectivity index is 1.66. The highest BCUT2D eigenvalue weighted by Gasteiger charge is 2.41. The summed E-state index contributed by atoms with van der Waals surface area (Å²) in [5.74, 6) is 1.34. The van der Waals surface area contributed by atoms with Crippen LogP contribution in [0.1, 0.15) is 40.5 Å². The number of pyridine rings is 1. The van der Waals surface area contributed by atoms with Crippen molar-refractivity contribution >= 4 is 23.0 Å². The summed E-state index contributed by atoms with van der Waals surface area (Å²) >= 11 is 5.77. The summed E-state index contributed by atoms with van der Waals surface area (Å²) in [5.41, 5.74) is 4.33. The van der Waals surface area contributed by atoms with Gasteiger partial charge >= 0.3 is 0 Å². The summed E-state index contributed by atoms with van der Waals surface area (Å²) in [7, 11) is 1.56. The van der Waals surface area contributed by atoms with Crippen LogP contribution in [0.3, 0.4) is 0 Å². The number of nitrogens with one attached hydrogen (secondary N) is 1. The van der Waals surface area contributed by atoms with Crippen molar-refractivity contribution in [2.75, 3.05) is 7.11 Å². The number of furan rings is 1. The van der Waals surface area contributed by atoms with Gasteiger partial charge in [0.05, 0.1) is 48.3 Å². The van der Waals surface area contributed by atoms with Gasteiger partial charge in [-0.05, 0) is 68.0 Å². The second-order valence-electron chi connectivity index (χ2n) is 8.61. The molecular formula is C26H25N5O4S. The van der Waals surface area contributed by atoms with Gasteiger partial charge in [0.25, 0.3) is 5.69 Å². The van der Waals surface area contributed by atoms with Gasteiger partial charge in [0, 0.05) is 29.7 Å². The molecule has 0 amide bonds. The van der Waals surface area contributed by atoms with Gasteiger partial charge in [-0.25, -0.2) is 0 Å². The van der Waals surface area contributed by atoms with Crippen LogP contribution in [0.15, 0.2) is 71.5 Å². The van der Waals surface area contributed by atoms with Crippen LogP contribution in [0.5, 0.6) is 5.75 Å². The third-order valence-corrected chi connectivity index (χ3v) is 6.86. The van der Waals surface area contributed by atoms with Crippen LogP contribution in [0.4, 0.5) is 5.69 Å². The van der Waals surface area contributed by atoms with E-state index in [-0.39, 0.29) is 17.8 Å². The van der Waals surface area contributed by atoms with Crippen molar-refractivity contribution in [3.63, 3.8) is 0 Å². The standard InChI is InChI=1S/C26H25N5O4S/c1-16-13-20(17(2)30(16)22-14-18(31(32)33)9-10-23(22)34-3)25-24(21-8-4-5-11-27-21)28-26(36)29(25)15-19-7-6-12-35-19/h4-14,24-25H,15H2,1-3H3,(H,28,36). The minimum atomic E-state index is -0.403. The van der Waals surface area contributed by atoms with E-state index in [4.69, 9.17) is 21.4 Å². The number of nitro benzene ring substituents is 1. The first kappa shape index (κ1) is 23.6. The molecule has 0 aliphatic carbocycles. The zero-order valence-corrected chi connectivity index (χ0v) is 20.9. The molecule has 0 saturated carbocycles. The summed E-state index contributed by atoms with van der Waals surface area (Å²) in [6.45, 7) is 4.46. The molecule has 1 aliphatic heterocycles. The molecule has 36 heavy (non-hydrogen) atoms. The van der Waals surface area contributed by atoms with E-state index in [2.05, 4.69) is 21.3 Å². The number of nitrogens with zero attached hydrogens (tertiary/aromatic N) is 4. The first-order valence-electron chi connectivity index (χ1n) is 11.4. The third kappa shape index (κ3) is 4.09. The maximum Gasteiger partial charge on any atom is 0.271 e. The van der Waals surface area contributed by atoms with Crippen LogP contribution in [-0.4, -0.2) is 31.6 Å².